The van der Waals surface area contributed by atoms with Gasteiger partial charge in [-0.3, -0.25) is 4.98 Å². The average Bonchev–Trinajstić information content (AvgIpc) is 2.44. The molecule has 0 atom stereocenters. The van der Waals surface area contributed by atoms with E-state index in [0.717, 1.165) is 11.3 Å². The van der Waals surface area contributed by atoms with Gasteiger partial charge in [0.15, 0.2) is 0 Å². The minimum absolute atomic E-state index is 0.639. The van der Waals surface area contributed by atoms with E-state index in [1.54, 1.807) is 12.5 Å². The second-order valence-corrected chi connectivity index (χ2v) is 1.95. The summed E-state index contributed by atoms with van der Waals surface area (Å²) in [7, 11) is 0. The smallest absolute Gasteiger partial charge is 0.130 e. The molecule has 10 heavy (non-hydrogen) atoms. The second kappa shape index (κ2) is 1.70. The summed E-state index contributed by atoms with van der Waals surface area (Å²) in [6.45, 7) is 0. The van der Waals surface area contributed by atoms with Gasteiger partial charge in [0.05, 0.1) is 17.5 Å². The van der Waals surface area contributed by atoms with Crippen molar-refractivity contribution in [2.24, 2.45) is 0 Å². The number of rotatable bonds is 1. The van der Waals surface area contributed by atoms with Crippen molar-refractivity contribution in [2.45, 2.75) is 0 Å². The van der Waals surface area contributed by atoms with Crippen LogP contribution in [0.15, 0.2) is 17.0 Å². The van der Waals surface area contributed by atoms with Crippen molar-refractivity contribution in [3.8, 4) is 11.3 Å². The van der Waals surface area contributed by atoms with Crippen LogP contribution in [-0.4, -0.2) is 16.4 Å². The molecular formula is C6H5N3O. The molecule has 4 nitrogen and oxygen atoms in total. The number of fused-ring (bicyclic) bond motifs is 1. The van der Waals surface area contributed by atoms with E-state index < -0.39 is 0 Å². The molecular weight excluding hydrogens is 130 g/mol. The molecule has 4 heteroatoms. The Kier molecular flexibility index (Phi) is 0.887. The Labute approximate surface area is 56.7 Å². The average molecular weight is 135 g/mol. The second-order valence-electron chi connectivity index (χ2n) is 1.95. The highest BCUT2D eigenvalue weighted by molar-refractivity contribution is 5.86. The van der Waals surface area contributed by atoms with E-state index in [1.807, 2.05) is 0 Å². The summed E-state index contributed by atoms with van der Waals surface area (Å²) in [6, 6.07) is 0. The number of H-pyrrole nitrogens is 1. The van der Waals surface area contributed by atoms with Crippen molar-refractivity contribution >= 4 is 6.21 Å². The number of aromatic nitrogens is 2. The normalized spacial score (nSPS) is 10.4. The van der Waals surface area contributed by atoms with E-state index in [1.165, 1.54) is 6.21 Å². The molecule has 0 bridgehead atoms. The molecule has 0 fully saturated rings. The molecule has 0 amide bonds. The Morgan fingerprint density at radius 2 is 2.60 bits per heavy atom. The summed E-state index contributed by atoms with van der Waals surface area (Å²) in [5.74, 6) is 0. The molecule has 2 rings (SSSR count). The first kappa shape index (κ1) is 5.22. The Bertz CT molecular complexity index is 322. The highest BCUT2D eigenvalue weighted by Gasteiger charge is 2.10. The first-order valence-electron chi connectivity index (χ1n) is 2.83. The SMILES string of the molecule is N=Cc1ncc2[nH]occ1-2. The van der Waals surface area contributed by atoms with Gasteiger partial charge in [0, 0.05) is 6.21 Å². The van der Waals surface area contributed by atoms with Crippen molar-refractivity contribution in [2.75, 3.05) is 0 Å². The van der Waals surface area contributed by atoms with Crippen LogP contribution in [-0.2, 0) is 0 Å². The number of aromatic amines is 1. The predicted octanol–water partition coefficient (Wildman–Crippen LogP) is 1.11. The third-order valence-electron chi connectivity index (χ3n) is 1.38. The highest BCUT2D eigenvalue weighted by atomic mass is 16.5. The molecule has 0 aliphatic carbocycles. The predicted molar refractivity (Wildman–Crippen MR) is 35.4 cm³/mol. The largest absolute Gasteiger partial charge is 0.389 e. The van der Waals surface area contributed by atoms with Crippen LogP contribution in [0.1, 0.15) is 5.69 Å². The van der Waals surface area contributed by atoms with Gasteiger partial charge in [0.1, 0.15) is 12.0 Å². The minimum atomic E-state index is 0.639. The fraction of sp³-hybridized carbons (Fsp3) is 0. The lowest BCUT2D eigenvalue weighted by molar-refractivity contribution is 0.424. The molecule has 2 aliphatic rings. The van der Waals surface area contributed by atoms with Crippen LogP contribution in [0.2, 0.25) is 0 Å². The number of hydrogen-bond acceptors (Lipinski definition) is 3. The lowest BCUT2D eigenvalue weighted by Gasteiger charge is -1.80. The zero-order valence-corrected chi connectivity index (χ0v) is 5.09. The van der Waals surface area contributed by atoms with E-state index >= 15 is 0 Å². The Balaban J connectivity index is 2.71. The summed E-state index contributed by atoms with van der Waals surface area (Å²) in [5.41, 5.74) is 2.33. The first-order valence-corrected chi connectivity index (χ1v) is 2.83. The maximum atomic E-state index is 6.94. The number of hydrogen-bond donors (Lipinski definition) is 2. The van der Waals surface area contributed by atoms with E-state index in [-0.39, 0.29) is 0 Å². The lowest BCUT2D eigenvalue weighted by Crippen LogP contribution is -1.77. The lowest BCUT2D eigenvalue weighted by atomic mass is 10.2. The van der Waals surface area contributed by atoms with Crippen molar-refractivity contribution in [3.63, 3.8) is 0 Å². The molecule has 0 radical (unpaired) electrons. The van der Waals surface area contributed by atoms with Crippen molar-refractivity contribution < 1.29 is 4.52 Å². The molecule has 0 aromatic carbocycles. The summed E-state index contributed by atoms with van der Waals surface area (Å²) in [4.78, 5) is 3.94. The third-order valence-corrected chi connectivity index (χ3v) is 1.38. The Morgan fingerprint density at radius 1 is 1.70 bits per heavy atom. The van der Waals surface area contributed by atoms with Gasteiger partial charge in [-0.2, -0.15) is 0 Å². The first-order chi connectivity index (χ1) is 4.92. The van der Waals surface area contributed by atoms with Gasteiger partial charge in [-0.1, -0.05) is 0 Å². The quantitative estimate of drug-likeness (QED) is 0.575. The van der Waals surface area contributed by atoms with Gasteiger partial charge in [0.25, 0.3) is 0 Å². The zero-order valence-electron chi connectivity index (χ0n) is 5.09. The van der Waals surface area contributed by atoms with Gasteiger partial charge in [0.2, 0.25) is 0 Å². The van der Waals surface area contributed by atoms with Gasteiger partial charge >= 0.3 is 0 Å². The summed E-state index contributed by atoms with van der Waals surface area (Å²) in [6.07, 6.45) is 4.38. The van der Waals surface area contributed by atoms with Crippen LogP contribution in [0.3, 0.4) is 0 Å². The molecule has 2 N–H and O–H groups in total. The van der Waals surface area contributed by atoms with Crippen molar-refractivity contribution in [3.05, 3.63) is 18.2 Å². The standard InChI is InChI=1S/C6H5N3O/c7-1-5-4-3-10-9-6(4)2-8-5/h1-3,7,9H. The topological polar surface area (TPSA) is 65.7 Å². The molecule has 50 valence electrons. The van der Waals surface area contributed by atoms with Crippen molar-refractivity contribution in [1.29, 1.82) is 5.41 Å². The van der Waals surface area contributed by atoms with Crippen LogP contribution in [0.5, 0.6) is 0 Å². The van der Waals surface area contributed by atoms with E-state index in [0.29, 0.717) is 5.69 Å². The van der Waals surface area contributed by atoms with Gasteiger partial charge in [-0.15, -0.1) is 0 Å². The Hall–Kier alpha value is -1.58. The van der Waals surface area contributed by atoms with E-state index in [2.05, 4.69) is 10.1 Å². The molecule has 0 spiro atoms. The summed E-state index contributed by atoms with van der Waals surface area (Å²) in [5, 5.41) is 9.57. The van der Waals surface area contributed by atoms with Gasteiger partial charge < -0.3 is 9.93 Å². The number of nitrogens with zero attached hydrogens (tertiary/aromatic N) is 1. The molecule has 0 saturated heterocycles. The van der Waals surface area contributed by atoms with Crippen LogP contribution in [0, 0.1) is 5.41 Å². The monoisotopic (exact) mass is 135 g/mol. The maximum absolute atomic E-state index is 6.94. The van der Waals surface area contributed by atoms with Crippen molar-refractivity contribution in [1.82, 2.24) is 10.1 Å². The fourth-order valence-electron chi connectivity index (χ4n) is 0.883. The molecule has 0 aromatic heterocycles. The molecule has 0 aromatic rings. The van der Waals surface area contributed by atoms with Crippen LogP contribution in [0.4, 0.5) is 0 Å². The molecule has 2 aliphatic heterocycles. The Morgan fingerprint density at radius 3 is 3.40 bits per heavy atom. The van der Waals surface area contributed by atoms with Crippen LogP contribution in [0.25, 0.3) is 11.3 Å². The molecule has 2 heterocycles. The van der Waals surface area contributed by atoms with E-state index in [9.17, 15) is 0 Å². The zero-order chi connectivity index (χ0) is 6.97. The summed E-state index contributed by atoms with van der Waals surface area (Å²) < 4.78 is 4.78. The van der Waals surface area contributed by atoms with Crippen LogP contribution < -0.4 is 0 Å². The molecule has 0 saturated carbocycles. The van der Waals surface area contributed by atoms with Gasteiger partial charge in [-0.25, -0.2) is 5.16 Å². The maximum Gasteiger partial charge on any atom is 0.130 e. The molecule has 0 unspecified atom stereocenters. The third kappa shape index (κ3) is 0.500. The van der Waals surface area contributed by atoms with E-state index in [4.69, 9.17) is 9.93 Å². The number of nitrogens with one attached hydrogen (secondary N) is 2. The highest BCUT2D eigenvalue weighted by Crippen LogP contribution is 2.21. The summed E-state index contributed by atoms with van der Waals surface area (Å²) >= 11 is 0. The van der Waals surface area contributed by atoms with Crippen LogP contribution >= 0.6 is 0 Å². The fourth-order valence-corrected chi connectivity index (χ4v) is 0.883. The minimum Gasteiger partial charge on any atom is -0.389 e. The van der Waals surface area contributed by atoms with Gasteiger partial charge in [-0.05, 0) is 0 Å².